The van der Waals surface area contributed by atoms with Crippen LogP contribution in [0.25, 0.3) is 0 Å². The molecular formula is C14H9ClF3NOS. The smallest absolute Gasteiger partial charge is 0.234 e. The number of thioether (sulfide) groups is 1. The summed E-state index contributed by atoms with van der Waals surface area (Å²) in [5.41, 5.74) is -0.393. The highest BCUT2D eigenvalue weighted by Gasteiger charge is 2.12. The lowest BCUT2D eigenvalue weighted by Crippen LogP contribution is -2.15. The summed E-state index contributed by atoms with van der Waals surface area (Å²) in [6.45, 7) is 0. The lowest BCUT2D eigenvalue weighted by molar-refractivity contribution is -0.113. The van der Waals surface area contributed by atoms with Gasteiger partial charge in [-0.25, -0.2) is 13.2 Å². The fraction of sp³-hybridized carbons (Fsp3) is 0.0714. The van der Waals surface area contributed by atoms with Gasteiger partial charge in [-0.15, -0.1) is 11.8 Å². The molecular weight excluding hydrogens is 323 g/mol. The Bertz CT molecular complexity index is 664. The maximum atomic E-state index is 13.4. The molecule has 1 amide bonds. The van der Waals surface area contributed by atoms with Crippen LogP contribution in [0.2, 0.25) is 5.02 Å². The van der Waals surface area contributed by atoms with Crippen LogP contribution in [-0.4, -0.2) is 11.7 Å². The predicted molar refractivity (Wildman–Crippen MR) is 77.1 cm³/mol. The van der Waals surface area contributed by atoms with Crippen molar-refractivity contribution in [1.29, 1.82) is 0 Å². The first-order valence-corrected chi connectivity index (χ1v) is 7.15. The number of hydrogen-bond donors (Lipinski definition) is 1. The van der Waals surface area contributed by atoms with E-state index < -0.39 is 29.0 Å². The van der Waals surface area contributed by atoms with Crippen LogP contribution in [0.15, 0.2) is 41.3 Å². The Balaban J connectivity index is 1.96. The molecule has 0 spiro atoms. The summed E-state index contributed by atoms with van der Waals surface area (Å²) in [6, 6.07) is 7.82. The monoisotopic (exact) mass is 331 g/mol. The molecule has 0 aliphatic carbocycles. The lowest BCUT2D eigenvalue weighted by Gasteiger charge is -2.07. The second kappa shape index (κ2) is 6.87. The Morgan fingerprint density at radius 2 is 1.67 bits per heavy atom. The van der Waals surface area contributed by atoms with Crippen LogP contribution in [-0.2, 0) is 4.79 Å². The van der Waals surface area contributed by atoms with Gasteiger partial charge in [-0.1, -0.05) is 11.6 Å². The molecule has 21 heavy (non-hydrogen) atoms. The molecule has 0 bridgehead atoms. The Morgan fingerprint density at radius 1 is 1.05 bits per heavy atom. The van der Waals surface area contributed by atoms with E-state index in [1.807, 2.05) is 0 Å². The largest absolute Gasteiger partial charge is 0.323 e. The molecule has 1 N–H and O–H groups in total. The first-order chi connectivity index (χ1) is 9.95. The topological polar surface area (TPSA) is 29.1 Å². The summed E-state index contributed by atoms with van der Waals surface area (Å²) in [4.78, 5) is 12.5. The molecule has 2 rings (SSSR count). The second-order valence-electron chi connectivity index (χ2n) is 4.04. The molecule has 110 valence electrons. The molecule has 0 radical (unpaired) electrons. The normalized spacial score (nSPS) is 10.5. The number of rotatable bonds is 4. The van der Waals surface area contributed by atoms with Gasteiger partial charge in [0.25, 0.3) is 0 Å². The molecule has 2 nitrogen and oxygen atoms in total. The Morgan fingerprint density at radius 3 is 2.33 bits per heavy atom. The fourth-order valence-corrected chi connectivity index (χ4v) is 2.31. The molecule has 0 unspecified atom stereocenters. The van der Waals surface area contributed by atoms with Crippen molar-refractivity contribution in [2.75, 3.05) is 11.1 Å². The van der Waals surface area contributed by atoms with E-state index in [1.54, 1.807) is 24.3 Å². The highest BCUT2D eigenvalue weighted by atomic mass is 35.5. The summed E-state index contributed by atoms with van der Waals surface area (Å²) in [7, 11) is 0. The van der Waals surface area contributed by atoms with Gasteiger partial charge in [-0.2, -0.15) is 0 Å². The van der Waals surface area contributed by atoms with Gasteiger partial charge < -0.3 is 5.32 Å². The number of carbonyl (C=O) groups is 1. The molecule has 0 saturated carbocycles. The summed E-state index contributed by atoms with van der Waals surface area (Å²) in [5, 5.41) is 2.77. The third-order valence-corrected chi connectivity index (χ3v) is 3.73. The SMILES string of the molecule is O=C(CSc1ccc(Cl)cc1)Nc1cc(F)c(F)cc1F. The van der Waals surface area contributed by atoms with Gasteiger partial charge >= 0.3 is 0 Å². The van der Waals surface area contributed by atoms with E-state index >= 15 is 0 Å². The summed E-state index contributed by atoms with van der Waals surface area (Å²) < 4.78 is 39.1. The van der Waals surface area contributed by atoms with Crippen LogP contribution >= 0.6 is 23.4 Å². The molecule has 0 aliphatic rings. The van der Waals surface area contributed by atoms with Crippen molar-refractivity contribution in [2.45, 2.75) is 4.90 Å². The Hall–Kier alpha value is -1.66. The Kier molecular flexibility index (Phi) is 5.14. The predicted octanol–water partition coefficient (Wildman–Crippen LogP) is 4.49. The maximum Gasteiger partial charge on any atom is 0.234 e. The number of nitrogens with one attached hydrogen (secondary N) is 1. The molecule has 0 heterocycles. The number of hydrogen-bond acceptors (Lipinski definition) is 2. The van der Waals surface area contributed by atoms with Crippen LogP contribution in [0.1, 0.15) is 0 Å². The summed E-state index contributed by atoms with van der Waals surface area (Å²) >= 11 is 6.94. The maximum absolute atomic E-state index is 13.4. The highest BCUT2D eigenvalue weighted by molar-refractivity contribution is 8.00. The Labute approximate surface area is 128 Å². The van der Waals surface area contributed by atoms with Crippen LogP contribution in [0.3, 0.4) is 0 Å². The first-order valence-electron chi connectivity index (χ1n) is 5.78. The minimum absolute atomic E-state index is 0.0000673. The molecule has 0 aromatic heterocycles. The van der Waals surface area contributed by atoms with Crippen molar-refractivity contribution in [1.82, 2.24) is 0 Å². The minimum atomic E-state index is -1.30. The number of carbonyl (C=O) groups excluding carboxylic acids is 1. The zero-order valence-electron chi connectivity index (χ0n) is 10.5. The zero-order chi connectivity index (χ0) is 15.4. The van der Waals surface area contributed by atoms with Crippen LogP contribution in [0, 0.1) is 17.5 Å². The van der Waals surface area contributed by atoms with Gasteiger partial charge in [0, 0.05) is 22.1 Å². The third-order valence-electron chi connectivity index (χ3n) is 2.47. The molecule has 0 aliphatic heterocycles. The van der Waals surface area contributed by atoms with E-state index in [1.165, 1.54) is 11.8 Å². The van der Waals surface area contributed by atoms with Gasteiger partial charge in [0.15, 0.2) is 11.6 Å². The van der Waals surface area contributed by atoms with Crippen molar-refractivity contribution >= 4 is 35.0 Å². The van der Waals surface area contributed by atoms with Crippen molar-refractivity contribution in [2.24, 2.45) is 0 Å². The average molecular weight is 332 g/mol. The minimum Gasteiger partial charge on any atom is -0.323 e. The van der Waals surface area contributed by atoms with Gasteiger partial charge in [-0.05, 0) is 24.3 Å². The van der Waals surface area contributed by atoms with E-state index in [0.29, 0.717) is 17.2 Å². The first kappa shape index (κ1) is 15.7. The molecule has 0 atom stereocenters. The van der Waals surface area contributed by atoms with Gasteiger partial charge in [0.1, 0.15) is 5.82 Å². The number of benzene rings is 2. The van der Waals surface area contributed by atoms with Gasteiger partial charge in [0.05, 0.1) is 11.4 Å². The van der Waals surface area contributed by atoms with Crippen molar-refractivity contribution < 1.29 is 18.0 Å². The molecule has 0 saturated heterocycles. The van der Waals surface area contributed by atoms with E-state index in [-0.39, 0.29) is 5.75 Å². The zero-order valence-corrected chi connectivity index (χ0v) is 12.1. The molecule has 2 aromatic rings. The highest BCUT2D eigenvalue weighted by Crippen LogP contribution is 2.22. The van der Waals surface area contributed by atoms with E-state index in [4.69, 9.17) is 11.6 Å². The number of halogens is 4. The number of anilines is 1. The van der Waals surface area contributed by atoms with E-state index in [2.05, 4.69) is 5.32 Å². The van der Waals surface area contributed by atoms with Gasteiger partial charge in [0.2, 0.25) is 5.91 Å². The second-order valence-corrected chi connectivity index (χ2v) is 5.52. The van der Waals surface area contributed by atoms with E-state index in [0.717, 1.165) is 4.90 Å². The molecule has 7 heteroatoms. The lowest BCUT2D eigenvalue weighted by atomic mass is 10.3. The molecule has 2 aromatic carbocycles. The standard InChI is InChI=1S/C14H9ClF3NOS/c15-8-1-3-9(4-2-8)21-7-14(20)19-13-6-11(17)10(16)5-12(13)18/h1-6H,7H2,(H,19,20). The fourth-order valence-electron chi connectivity index (χ4n) is 1.48. The van der Waals surface area contributed by atoms with Crippen LogP contribution in [0.4, 0.5) is 18.9 Å². The van der Waals surface area contributed by atoms with Crippen molar-refractivity contribution in [3.05, 3.63) is 58.9 Å². The van der Waals surface area contributed by atoms with Crippen molar-refractivity contribution in [3.63, 3.8) is 0 Å². The van der Waals surface area contributed by atoms with Crippen molar-refractivity contribution in [3.8, 4) is 0 Å². The molecule has 0 fully saturated rings. The summed E-state index contributed by atoms with van der Waals surface area (Å²) in [6.07, 6.45) is 0. The van der Waals surface area contributed by atoms with Crippen LogP contribution in [0.5, 0.6) is 0 Å². The third kappa shape index (κ3) is 4.41. The van der Waals surface area contributed by atoms with Gasteiger partial charge in [-0.3, -0.25) is 4.79 Å². The van der Waals surface area contributed by atoms with Crippen LogP contribution < -0.4 is 5.32 Å². The summed E-state index contributed by atoms with van der Waals surface area (Å²) in [5.74, 6) is -4.09. The van der Waals surface area contributed by atoms with E-state index in [9.17, 15) is 18.0 Å². The average Bonchev–Trinajstić information content (AvgIpc) is 2.44. The number of amides is 1. The quantitative estimate of drug-likeness (QED) is 0.660.